The topological polar surface area (TPSA) is 138 Å². The van der Waals surface area contributed by atoms with E-state index in [0.717, 1.165) is 0 Å². The summed E-state index contributed by atoms with van der Waals surface area (Å²) in [5.41, 5.74) is 8.90. The maximum atomic E-state index is 12.1. The number of aromatic nitrogens is 3. The Bertz CT molecular complexity index is 1300. The molecule has 0 spiro atoms. The van der Waals surface area contributed by atoms with E-state index in [4.69, 9.17) is 39.1 Å². The highest BCUT2D eigenvalue weighted by atomic mass is 35.5. The molecule has 0 bridgehead atoms. The summed E-state index contributed by atoms with van der Waals surface area (Å²) >= 11 is 12.5. The molecule has 0 saturated carbocycles. The van der Waals surface area contributed by atoms with E-state index in [-0.39, 0.29) is 24.6 Å². The summed E-state index contributed by atoms with van der Waals surface area (Å²) in [4.78, 5) is 11.5. The van der Waals surface area contributed by atoms with Crippen molar-refractivity contribution >= 4 is 44.6 Å². The molecule has 0 radical (unpaired) electrons. The van der Waals surface area contributed by atoms with Gasteiger partial charge in [-0.15, -0.1) is 0 Å². The quantitative estimate of drug-likeness (QED) is 0.326. The molecule has 1 atom stereocenters. The first-order valence-electron chi connectivity index (χ1n) is 10.1. The predicted octanol–water partition coefficient (Wildman–Crippen LogP) is 3.92. The second-order valence-electron chi connectivity index (χ2n) is 7.58. The molecular formula is C21H22Cl2N6O3S. The number of fused-ring (bicyclic) bond motifs is 1. The number of anilines is 1. The van der Waals surface area contributed by atoms with Crippen molar-refractivity contribution in [2.45, 2.75) is 33.0 Å². The highest BCUT2D eigenvalue weighted by Crippen LogP contribution is 2.33. The highest BCUT2D eigenvalue weighted by molar-refractivity contribution is 7.89. The minimum Gasteiger partial charge on any atom is -0.486 e. The summed E-state index contributed by atoms with van der Waals surface area (Å²) in [6, 6.07) is 4.99. The largest absolute Gasteiger partial charge is 0.486 e. The third-order valence-electron chi connectivity index (χ3n) is 5.42. The standard InChI is InChI=1S/C21H22Cl2N6O3S/c1-3-33(30,31)29-9-17-18(10-29)28-21(27-17)20(25)13-6-12(4-5-16(13)24)32-11(2)19-14(22)7-26-8-15(19)23/h4-8,11,25H,3,9-10,24H2,1-2H3,(H,27,28). The molecule has 0 saturated heterocycles. The Kier molecular flexibility index (Phi) is 6.37. The number of pyridine rings is 1. The normalized spacial score (nSPS) is 14.8. The van der Waals surface area contributed by atoms with Gasteiger partial charge in [0.05, 0.1) is 40.3 Å². The first kappa shape index (κ1) is 23.5. The van der Waals surface area contributed by atoms with Crippen LogP contribution in [0.4, 0.5) is 5.69 Å². The van der Waals surface area contributed by atoms with E-state index in [2.05, 4.69) is 15.0 Å². The first-order chi connectivity index (χ1) is 15.6. The first-order valence-corrected chi connectivity index (χ1v) is 12.5. The summed E-state index contributed by atoms with van der Waals surface area (Å²) in [6.07, 6.45) is 2.52. The number of nitrogens with zero attached hydrogens (tertiary/aromatic N) is 3. The number of halogens is 2. The average molecular weight is 509 g/mol. The molecule has 4 rings (SSSR count). The predicted molar refractivity (Wildman–Crippen MR) is 127 cm³/mol. The average Bonchev–Trinajstić information content (AvgIpc) is 3.34. The van der Waals surface area contributed by atoms with Gasteiger partial charge in [-0.1, -0.05) is 23.2 Å². The number of hydrogen-bond donors (Lipinski definition) is 3. The number of imidazole rings is 1. The summed E-state index contributed by atoms with van der Waals surface area (Å²) in [6.45, 7) is 3.79. The van der Waals surface area contributed by atoms with Crippen LogP contribution in [0.1, 0.15) is 48.3 Å². The van der Waals surface area contributed by atoms with Gasteiger partial charge in [-0.2, -0.15) is 4.31 Å². The number of nitrogens with one attached hydrogen (secondary N) is 2. The molecule has 1 aliphatic rings. The molecule has 0 amide bonds. The molecule has 1 unspecified atom stereocenters. The van der Waals surface area contributed by atoms with Crippen LogP contribution >= 0.6 is 23.2 Å². The lowest BCUT2D eigenvalue weighted by Crippen LogP contribution is -2.27. The van der Waals surface area contributed by atoms with Crippen LogP contribution in [0.15, 0.2) is 30.6 Å². The zero-order chi connectivity index (χ0) is 23.9. The van der Waals surface area contributed by atoms with Gasteiger partial charge in [0, 0.05) is 29.2 Å². The SMILES string of the molecule is CCS(=O)(=O)N1Cc2nc(C(=N)c3cc(OC(C)c4c(Cl)cncc4Cl)ccc3N)[nH]c2C1. The van der Waals surface area contributed by atoms with Crippen LogP contribution in [-0.4, -0.2) is 39.1 Å². The highest BCUT2D eigenvalue weighted by Gasteiger charge is 2.31. The Balaban J connectivity index is 1.56. The van der Waals surface area contributed by atoms with Crippen LogP contribution in [0, 0.1) is 5.41 Å². The van der Waals surface area contributed by atoms with Crippen molar-refractivity contribution < 1.29 is 13.2 Å². The van der Waals surface area contributed by atoms with E-state index in [9.17, 15) is 8.42 Å². The molecule has 4 N–H and O–H groups in total. The number of H-pyrrole nitrogens is 1. The van der Waals surface area contributed by atoms with Crippen LogP contribution in [-0.2, 0) is 23.1 Å². The maximum Gasteiger partial charge on any atom is 0.214 e. The number of nitrogen functional groups attached to an aromatic ring is 1. The minimum atomic E-state index is -3.31. The van der Waals surface area contributed by atoms with Crippen molar-refractivity contribution in [1.82, 2.24) is 19.3 Å². The Morgan fingerprint density at radius 3 is 2.64 bits per heavy atom. The Morgan fingerprint density at radius 2 is 2.00 bits per heavy atom. The van der Waals surface area contributed by atoms with Crippen LogP contribution in [0.2, 0.25) is 10.0 Å². The number of hydrogen-bond acceptors (Lipinski definition) is 7. The van der Waals surface area contributed by atoms with E-state index < -0.39 is 16.1 Å². The zero-order valence-electron chi connectivity index (χ0n) is 17.9. The van der Waals surface area contributed by atoms with Gasteiger partial charge in [0.15, 0.2) is 5.82 Å². The Hall–Kier alpha value is -2.66. The van der Waals surface area contributed by atoms with E-state index in [1.165, 1.54) is 16.7 Å². The van der Waals surface area contributed by atoms with Crippen molar-refractivity contribution in [1.29, 1.82) is 5.41 Å². The molecule has 9 nitrogen and oxygen atoms in total. The number of rotatable bonds is 7. The van der Waals surface area contributed by atoms with E-state index in [1.54, 1.807) is 25.1 Å². The maximum absolute atomic E-state index is 12.1. The van der Waals surface area contributed by atoms with Crippen LogP contribution in [0.5, 0.6) is 5.75 Å². The molecule has 1 aliphatic heterocycles. The lowest BCUT2D eigenvalue weighted by Gasteiger charge is -2.18. The number of nitrogens with two attached hydrogens (primary N) is 1. The van der Waals surface area contributed by atoms with Gasteiger partial charge in [0.1, 0.15) is 17.6 Å². The molecule has 3 aromatic rings. The van der Waals surface area contributed by atoms with Gasteiger partial charge in [-0.3, -0.25) is 10.4 Å². The summed E-state index contributed by atoms with van der Waals surface area (Å²) in [7, 11) is -3.31. The minimum absolute atomic E-state index is 0.0254. The number of aromatic amines is 1. The van der Waals surface area contributed by atoms with E-state index >= 15 is 0 Å². The molecule has 0 aliphatic carbocycles. The monoisotopic (exact) mass is 508 g/mol. The molecule has 1 aromatic carbocycles. The summed E-state index contributed by atoms with van der Waals surface area (Å²) in [5.74, 6) is 0.808. The molecular weight excluding hydrogens is 487 g/mol. The van der Waals surface area contributed by atoms with E-state index in [1.807, 2.05) is 6.92 Å². The molecule has 174 valence electrons. The third-order valence-corrected chi connectivity index (χ3v) is 7.80. The van der Waals surface area contributed by atoms with Crippen LogP contribution in [0.25, 0.3) is 0 Å². The lowest BCUT2D eigenvalue weighted by atomic mass is 10.1. The molecule has 12 heteroatoms. The fourth-order valence-electron chi connectivity index (χ4n) is 3.63. The Labute approximate surface area is 201 Å². The number of sulfonamides is 1. The van der Waals surface area contributed by atoms with Gasteiger partial charge in [0.2, 0.25) is 10.0 Å². The lowest BCUT2D eigenvalue weighted by molar-refractivity contribution is 0.227. The van der Waals surface area contributed by atoms with Crippen molar-refractivity contribution in [3.8, 4) is 5.75 Å². The third kappa shape index (κ3) is 4.56. The fraction of sp³-hybridized carbons (Fsp3) is 0.286. The van der Waals surface area contributed by atoms with Crippen molar-refractivity contribution in [2.75, 3.05) is 11.5 Å². The van der Waals surface area contributed by atoms with Gasteiger partial charge < -0.3 is 15.5 Å². The van der Waals surface area contributed by atoms with Gasteiger partial charge in [0.25, 0.3) is 0 Å². The van der Waals surface area contributed by atoms with Crippen LogP contribution < -0.4 is 10.5 Å². The second kappa shape index (κ2) is 8.94. The number of benzene rings is 1. The zero-order valence-corrected chi connectivity index (χ0v) is 20.2. The van der Waals surface area contributed by atoms with Gasteiger partial charge >= 0.3 is 0 Å². The molecule has 3 heterocycles. The Morgan fingerprint density at radius 1 is 1.30 bits per heavy atom. The van der Waals surface area contributed by atoms with Crippen molar-refractivity contribution in [3.05, 3.63) is 69.0 Å². The van der Waals surface area contributed by atoms with E-state index in [0.29, 0.717) is 49.8 Å². The fourth-order valence-corrected chi connectivity index (χ4v) is 5.31. The molecule has 2 aromatic heterocycles. The second-order valence-corrected chi connectivity index (χ2v) is 10.7. The summed E-state index contributed by atoms with van der Waals surface area (Å²) < 4.78 is 31.6. The molecule has 33 heavy (non-hydrogen) atoms. The number of ether oxygens (including phenoxy) is 1. The summed E-state index contributed by atoms with van der Waals surface area (Å²) in [5, 5.41) is 9.41. The van der Waals surface area contributed by atoms with Crippen LogP contribution in [0.3, 0.4) is 0 Å². The van der Waals surface area contributed by atoms with Gasteiger partial charge in [-0.25, -0.2) is 13.4 Å². The van der Waals surface area contributed by atoms with Crippen molar-refractivity contribution in [2.24, 2.45) is 0 Å². The smallest absolute Gasteiger partial charge is 0.214 e. The van der Waals surface area contributed by atoms with Crippen molar-refractivity contribution in [3.63, 3.8) is 0 Å². The van der Waals surface area contributed by atoms with Gasteiger partial charge in [-0.05, 0) is 32.0 Å². The molecule has 0 fully saturated rings.